The van der Waals surface area contributed by atoms with Crippen molar-refractivity contribution in [2.75, 3.05) is 7.11 Å². The molecule has 4 nitrogen and oxygen atoms in total. The lowest BCUT2D eigenvalue weighted by atomic mass is 10.0. The van der Waals surface area contributed by atoms with E-state index in [4.69, 9.17) is 4.74 Å². The minimum atomic E-state index is -0.570. The summed E-state index contributed by atoms with van der Waals surface area (Å²) < 4.78 is 5.10. The Kier molecular flexibility index (Phi) is 8.14. The molecule has 0 saturated heterocycles. The van der Waals surface area contributed by atoms with Crippen LogP contribution in [-0.2, 0) is 0 Å². The number of aromatic nitrogens is 2. The normalized spacial score (nSPS) is 12.4. The van der Waals surface area contributed by atoms with Gasteiger partial charge in [-0.2, -0.15) is 0 Å². The van der Waals surface area contributed by atoms with Gasteiger partial charge in [0.05, 0.1) is 7.11 Å². The van der Waals surface area contributed by atoms with Gasteiger partial charge in [0.1, 0.15) is 11.8 Å². The van der Waals surface area contributed by atoms with Gasteiger partial charge in [-0.15, -0.1) is 0 Å². The van der Waals surface area contributed by atoms with Crippen LogP contribution in [0.2, 0.25) is 0 Å². The van der Waals surface area contributed by atoms with E-state index in [2.05, 4.69) is 16.9 Å². The van der Waals surface area contributed by atoms with Crippen molar-refractivity contribution in [3.63, 3.8) is 0 Å². The molecule has 1 atom stereocenters. The summed E-state index contributed by atoms with van der Waals surface area (Å²) in [5.74, 6) is 0.429. The molecule has 1 rings (SSSR count). The average molecular weight is 266 g/mol. The van der Waals surface area contributed by atoms with E-state index < -0.39 is 6.10 Å². The topological polar surface area (TPSA) is 55.2 Å². The molecule has 0 radical (unpaired) electrons. The van der Waals surface area contributed by atoms with E-state index >= 15 is 0 Å². The fraction of sp³-hybridized carbons (Fsp3) is 0.733. The molecule has 0 amide bonds. The van der Waals surface area contributed by atoms with Gasteiger partial charge in [0.15, 0.2) is 0 Å². The predicted octanol–water partition coefficient (Wildman–Crippen LogP) is 3.66. The monoisotopic (exact) mass is 266 g/mol. The standard InChI is InChI=1S/C15H26N2O2/c1-3-4-5-6-7-8-9-10-13(18)14-15(19-2)17-12-11-16-14/h11-13,18H,3-10H2,1-2H3. The maximum absolute atomic E-state index is 10.1. The molecule has 108 valence electrons. The van der Waals surface area contributed by atoms with Crippen LogP contribution >= 0.6 is 0 Å². The Hall–Kier alpha value is -1.16. The van der Waals surface area contributed by atoms with Crippen molar-refractivity contribution >= 4 is 0 Å². The Morgan fingerprint density at radius 3 is 2.37 bits per heavy atom. The van der Waals surface area contributed by atoms with Crippen LogP contribution in [0.1, 0.15) is 70.1 Å². The van der Waals surface area contributed by atoms with Crippen LogP contribution in [0.5, 0.6) is 5.88 Å². The van der Waals surface area contributed by atoms with E-state index in [9.17, 15) is 5.11 Å². The summed E-state index contributed by atoms with van der Waals surface area (Å²) in [5.41, 5.74) is 0.552. The number of methoxy groups -OCH3 is 1. The largest absolute Gasteiger partial charge is 0.480 e. The second-order valence-corrected chi connectivity index (χ2v) is 4.88. The molecule has 0 bridgehead atoms. The molecule has 1 unspecified atom stereocenters. The number of ether oxygens (including phenoxy) is 1. The SMILES string of the molecule is CCCCCCCCCC(O)c1nccnc1OC. The molecular formula is C15H26N2O2. The van der Waals surface area contributed by atoms with Crippen molar-refractivity contribution in [1.29, 1.82) is 0 Å². The fourth-order valence-corrected chi connectivity index (χ4v) is 2.15. The van der Waals surface area contributed by atoms with Gasteiger partial charge in [-0.3, -0.25) is 4.98 Å². The maximum Gasteiger partial charge on any atom is 0.238 e. The Balaban J connectivity index is 2.22. The molecule has 1 heterocycles. The third-order valence-corrected chi connectivity index (χ3v) is 3.28. The van der Waals surface area contributed by atoms with Crippen molar-refractivity contribution in [3.8, 4) is 5.88 Å². The maximum atomic E-state index is 10.1. The molecule has 0 aliphatic carbocycles. The zero-order chi connectivity index (χ0) is 13.9. The van der Waals surface area contributed by atoms with Gasteiger partial charge in [-0.25, -0.2) is 4.98 Å². The lowest BCUT2D eigenvalue weighted by molar-refractivity contribution is 0.153. The molecule has 0 aromatic carbocycles. The second kappa shape index (κ2) is 9.73. The van der Waals surface area contributed by atoms with Crippen molar-refractivity contribution < 1.29 is 9.84 Å². The van der Waals surface area contributed by atoms with Crippen molar-refractivity contribution in [3.05, 3.63) is 18.1 Å². The molecule has 0 aliphatic rings. The number of nitrogens with zero attached hydrogens (tertiary/aromatic N) is 2. The first-order chi connectivity index (χ1) is 9.29. The van der Waals surface area contributed by atoms with E-state index in [0.29, 0.717) is 11.6 Å². The molecule has 0 aliphatic heterocycles. The molecule has 1 N–H and O–H groups in total. The van der Waals surface area contributed by atoms with Crippen LogP contribution in [0.25, 0.3) is 0 Å². The third-order valence-electron chi connectivity index (χ3n) is 3.28. The third kappa shape index (κ3) is 6.01. The van der Waals surface area contributed by atoms with Gasteiger partial charge in [0, 0.05) is 12.4 Å². The quantitative estimate of drug-likeness (QED) is 0.657. The lowest BCUT2D eigenvalue weighted by Crippen LogP contribution is -2.04. The predicted molar refractivity (Wildman–Crippen MR) is 76.2 cm³/mol. The molecular weight excluding hydrogens is 240 g/mol. The summed E-state index contributed by atoms with van der Waals surface area (Å²) in [5, 5.41) is 10.1. The Morgan fingerprint density at radius 2 is 1.68 bits per heavy atom. The Morgan fingerprint density at radius 1 is 1.05 bits per heavy atom. The Labute approximate surface area is 116 Å². The number of unbranched alkanes of at least 4 members (excludes halogenated alkanes) is 6. The molecule has 0 fully saturated rings. The fourth-order valence-electron chi connectivity index (χ4n) is 2.15. The first-order valence-corrected chi connectivity index (χ1v) is 7.32. The number of aliphatic hydroxyl groups is 1. The van der Waals surface area contributed by atoms with Gasteiger partial charge < -0.3 is 9.84 Å². The van der Waals surface area contributed by atoms with E-state index in [-0.39, 0.29) is 0 Å². The van der Waals surface area contributed by atoms with Gasteiger partial charge in [0.2, 0.25) is 5.88 Å². The minimum Gasteiger partial charge on any atom is -0.480 e. The molecule has 19 heavy (non-hydrogen) atoms. The van der Waals surface area contributed by atoms with E-state index in [1.807, 2.05) is 0 Å². The molecule has 1 aromatic heterocycles. The minimum absolute atomic E-state index is 0.429. The van der Waals surface area contributed by atoms with Crippen LogP contribution in [0.4, 0.5) is 0 Å². The van der Waals surface area contributed by atoms with Gasteiger partial charge in [0.25, 0.3) is 0 Å². The first-order valence-electron chi connectivity index (χ1n) is 7.32. The summed E-state index contributed by atoms with van der Waals surface area (Å²) >= 11 is 0. The summed E-state index contributed by atoms with van der Waals surface area (Å²) in [7, 11) is 1.55. The number of rotatable bonds is 10. The van der Waals surface area contributed by atoms with Gasteiger partial charge in [-0.1, -0.05) is 51.9 Å². The zero-order valence-corrected chi connectivity index (χ0v) is 12.1. The zero-order valence-electron chi connectivity index (χ0n) is 12.1. The first kappa shape index (κ1) is 15.9. The summed E-state index contributed by atoms with van der Waals surface area (Å²) in [6.45, 7) is 2.23. The van der Waals surface area contributed by atoms with E-state index in [0.717, 1.165) is 12.8 Å². The van der Waals surface area contributed by atoms with Crippen LogP contribution in [0, 0.1) is 0 Å². The molecule has 1 aromatic rings. The number of aliphatic hydroxyl groups excluding tert-OH is 1. The van der Waals surface area contributed by atoms with Crippen LogP contribution < -0.4 is 4.74 Å². The highest BCUT2D eigenvalue weighted by Crippen LogP contribution is 2.24. The van der Waals surface area contributed by atoms with Gasteiger partial charge >= 0.3 is 0 Å². The molecule has 0 saturated carbocycles. The van der Waals surface area contributed by atoms with E-state index in [1.54, 1.807) is 19.5 Å². The van der Waals surface area contributed by atoms with E-state index in [1.165, 1.54) is 38.5 Å². The van der Waals surface area contributed by atoms with Gasteiger partial charge in [-0.05, 0) is 6.42 Å². The summed E-state index contributed by atoms with van der Waals surface area (Å²) in [6, 6.07) is 0. The highest BCUT2D eigenvalue weighted by atomic mass is 16.5. The lowest BCUT2D eigenvalue weighted by Gasteiger charge is -2.12. The molecule has 0 spiro atoms. The van der Waals surface area contributed by atoms with Crippen LogP contribution in [0.15, 0.2) is 12.4 Å². The summed E-state index contributed by atoms with van der Waals surface area (Å²) in [4.78, 5) is 8.20. The summed E-state index contributed by atoms with van der Waals surface area (Å²) in [6.07, 6.45) is 12.0. The highest BCUT2D eigenvalue weighted by molar-refractivity contribution is 5.19. The van der Waals surface area contributed by atoms with Crippen molar-refractivity contribution in [2.24, 2.45) is 0 Å². The highest BCUT2D eigenvalue weighted by Gasteiger charge is 2.15. The van der Waals surface area contributed by atoms with Crippen molar-refractivity contribution in [2.45, 2.75) is 64.4 Å². The molecule has 4 heteroatoms. The second-order valence-electron chi connectivity index (χ2n) is 4.88. The smallest absolute Gasteiger partial charge is 0.238 e. The van der Waals surface area contributed by atoms with Crippen molar-refractivity contribution in [1.82, 2.24) is 9.97 Å². The average Bonchev–Trinajstić information content (AvgIpc) is 2.46. The number of hydrogen-bond acceptors (Lipinski definition) is 4. The van der Waals surface area contributed by atoms with Crippen LogP contribution in [-0.4, -0.2) is 22.2 Å². The Bertz CT molecular complexity index is 345. The number of hydrogen-bond donors (Lipinski definition) is 1. The van der Waals surface area contributed by atoms with Crippen LogP contribution in [0.3, 0.4) is 0 Å².